The second-order valence-electron chi connectivity index (χ2n) is 3.95. The Morgan fingerprint density at radius 3 is 2.63 bits per heavy atom. The average molecular weight is 275 g/mol. The summed E-state index contributed by atoms with van der Waals surface area (Å²) in [7, 11) is 1.54. The first-order valence-corrected chi connectivity index (χ1v) is 6.05. The van der Waals surface area contributed by atoms with Gasteiger partial charge >= 0.3 is 0 Å². The van der Waals surface area contributed by atoms with Crippen LogP contribution in [0.4, 0.5) is 8.78 Å². The second-order valence-corrected chi connectivity index (χ2v) is 3.95. The van der Waals surface area contributed by atoms with Gasteiger partial charge in [0.2, 0.25) is 0 Å². The summed E-state index contributed by atoms with van der Waals surface area (Å²) in [5.41, 5.74) is 0.863. The number of alkyl halides is 2. The number of ether oxygens (including phenoxy) is 2. The number of rotatable bonds is 8. The number of hydrogen-bond acceptors (Lipinski definition) is 4. The molecule has 0 aliphatic heterocycles. The molecular weight excluding hydrogens is 256 g/mol. The van der Waals surface area contributed by atoms with E-state index in [0.717, 1.165) is 5.56 Å². The lowest BCUT2D eigenvalue weighted by atomic mass is 10.2. The van der Waals surface area contributed by atoms with Gasteiger partial charge in [0.25, 0.3) is 6.43 Å². The molecule has 108 valence electrons. The highest BCUT2D eigenvalue weighted by atomic mass is 19.3. The van der Waals surface area contributed by atoms with Gasteiger partial charge in [-0.1, -0.05) is 6.07 Å². The SMILES string of the molecule is CCOc1ccc(CNCC(O)C(F)F)cc1OC. The molecule has 1 atom stereocenters. The number of halogens is 2. The Morgan fingerprint density at radius 2 is 2.05 bits per heavy atom. The molecule has 0 aliphatic rings. The van der Waals surface area contributed by atoms with Crippen LogP contribution in [0, 0.1) is 0 Å². The predicted molar refractivity (Wildman–Crippen MR) is 67.9 cm³/mol. The Hall–Kier alpha value is -1.40. The molecular formula is C13H19F2NO3. The van der Waals surface area contributed by atoms with E-state index in [2.05, 4.69) is 5.32 Å². The van der Waals surface area contributed by atoms with E-state index in [0.29, 0.717) is 24.7 Å². The Kier molecular flexibility index (Phi) is 6.52. The third-order valence-corrected chi connectivity index (χ3v) is 2.50. The lowest BCUT2D eigenvalue weighted by Gasteiger charge is -2.13. The molecule has 1 rings (SSSR count). The van der Waals surface area contributed by atoms with Crippen LogP contribution in [0.15, 0.2) is 18.2 Å². The van der Waals surface area contributed by atoms with Crippen molar-refractivity contribution >= 4 is 0 Å². The fourth-order valence-electron chi connectivity index (χ4n) is 1.55. The second kappa shape index (κ2) is 7.91. The summed E-state index contributed by atoms with van der Waals surface area (Å²) in [6.45, 7) is 2.62. The van der Waals surface area contributed by atoms with Crippen LogP contribution in [0.5, 0.6) is 11.5 Å². The minimum atomic E-state index is -2.73. The molecule has 6 heteroatoms. The van der Waals surface area contributed by atoms with Gasteiger partial charge in [-0.2, -0.15) is 0 Å². The maximum atomic E-state index is 12.1. The first kappa shape index (κ1) is 15.7. The van der Waals surface area contributed by atoms with Crippen molar-refractivity contribution in [2.75, 3.05) is 20.3 Å². The summed E-state index contributed by atoms with van der Waals surface area (Å²) in [6.07, 6.45) is -4.38. The van der Waals surface area contributed by atoms with Gasteiger partial charge in [0.05, 0.1) is 13.7 Å². The van der Waals surface area contributed by atoms with E-state index >= 15 is 0 Å². The van der Waals surface area contributed by atoms with Crippen LogP contribution >= 0.6 is 0 Å². The molecule has 0 amide bonds. The molecule has 19 heavy (non-hydrogen) atoms. The van der Waals surface area contributed by atoms with Crippen LogP contribution in [-0.4, -0.2) is 37.9 Å². The van der Waals surface area contributed by atoms with Crippen LogP contribution < -0.4 is 14.8 Å². The summed E-state index contributed by atoms with van der Waals surface area (Å²) in [5.74, 6) is 1.23. The molecule has 0 spiro atoms. The highest BCUT2D eigenvalue weighted by Gasteiger charge is 2.15. The van der Waals surface area contributed by atoms with Crippen LogP contribution in [0.1, 0.15) is 12.5 Å². The molecule has 1 unspecified atom stereocenters. The minimum Gasteiger partial charge on any atom is -0.493 e. The summed E-state index contributed by atoms with van der Waals surface area (Å²) >= 11 is 0. The zero-order valence-electron chi connectivity index (χ0n) is 11.0. The fraction of sp³-hybridized carbons (Fsp3) is 0.538. The molecule has 0 heterocycles. The van der Waals surface area contributed by atoms with E-state index < -0.39 is 12.5 Å². The average Bonchev–Trinajstić information content (AvgIpc) is 2.40. The van der Waals surface area contributed by atoms with Crippen molar-refractivity contribution in [1.29, 1.82) is 0 Å². The highest BCUT2D eigenvalue weighted by molar-refractivity contribution is 5.42. The van der Waals surface area contributed by atoms with E-state index in [-0.39, 0.29) is 6.54 Å². The number of nitrogens with one attached hydrogen (secondary N) is 1. The number of methoxy groups -OCH3 is 1. The molecule has 4 nitrogen and oxygen atoms in total. The number of aliphatic hydroxyl groups excluding tert-OH is 1. The van der Waals surface area contributed by atoms with Crippen molar-refractivity contribution in [3.05, 3.63) is 23.8 Å². The first-order valence-electron chi connectivity index (χ1n) is 6.05. The quantitative estimate of drug-likeness (QED) is 0.759. The molecule has 0 saturated heterocycles. The van der Waals surface area contributed by atoms with Gasteiger partial charge in [-0.3, -0.25) is 0 Å². The van der Waals surface area contributed by atoms with Gasteiger partial charge in [-0.25, -0.2) is 8.78 Å². The van der Waals surface area contributed by atoms with Gasteiger partial charge in [0.1, 0.15) is 6.10 Å². The Bertz CT molecular complexity index is 388. The molecule has 1 aromatic rings. The fourth-order valence-corrected chi connectivity index (χ4v) is 1.55. The minimum absolute atomic E-state index is 0.160. The van der Waals surface area contributed by atoms with Gasteiger partial charge < -0.3 is 19.9 Å². The third-order valence-electron chi connectivity index (χ3n) is 2.50. The molecule has 0 radical (unpaired) electrons. The summed E-state index contributed by atoms with van der Waals surface area (Å²) in [5, 5.41) is 11.7. The number of benzene rings is 1. The summed E-state index contributed by atoms with van der Waals surface area (Å²) in [4.78, 5) is 0. The maximum absolute atomic E-state index is 12.1. The highest BCUT2D eigenvalue weighted by Crippen LogP contribution is 2.27. The van der Waals surface area contributed by atoms with E-state index in [1.165, 1.54) is 7.11 Å². The Labute approximate surface area is 111 Å². The Morgan fingerprint density at radius 1 is 1.32 bits per heavy atom. The molecule has 0 saturated carbocycles. The Balaban J connectivity index is 2.55. The van der Waals surface area contributed by atoms with E-state index in [4.69, 9.17) is 14.6 Å². The van der Waals surface area contributed by atoms with E-state index in [9.17, 15) is 8.78 Å². The normalized spacial score (nSPS) is 12.5. The first-order chi connectivity index (χ1) is 9.08. The van der Waals surface area contributed by atoms with Crippen molar-refractivity contribution in [3.63, 3.8) is 0 Å². The number of hydrogen-bond donors (Lipinski definition) is 2. The van der Waals surface area contributed by atoms with Gasteiger partial charge in [0.15, 0.2) is 11.5 Å². The molecule has 0 aromatic heterocycles. The van der Waals surface area contributed by atoms with Crippen LogP contribution in [0.3, 0.4) is 0 Å². The monoisotopic (exact) mass is 275 g/mol. The van der Waals surface area contributed by atoms with E-state index in [1.807, 2.05) is 13.0 Å². The van der Waals surface area contributed by atoms with Crippen LogP contribution in [-0.2, 0) is 6.54 Å². The standard InChI is InChI=1S/C13H19F2NO3/c1-3-19-11-5-4-9(6-12(11)18-2)7-16-8-10(17)13(14)15/h4-6,10,13,16-17H,3,7-8H2,1-2H3. The summed E-state index contributed by atoms with van der Waals surface area (Å²) in [6, 6.07) is 5.35. The zero-order chi connectivity index (χ0) is 14.3. The largest absolute Gasteiger partial charge is 0.493 e. The molecule has 0 fully saturated rings. The topological polar surface area (TPSA) is 50.7 Å². The third kappa shape index (κ3) is 5.00. The zero-order valence-corrected chi connectivity index (χ0v) is 11.0. The van der Waals surface area contributed by atoms with Gasteiger partial charge in [-0.05, 0) is 24.6 Å². The lowest BCUT2D eigenvalue weighted by molar-refractivity contribution is -0.00340. The van der Waals surface area contributed by atoms with Crippen LogP contribution in [0.2, 0.25) is 0 Å². The molecule has 1 aromatic carbocycles. The summed E-state index contributed by atoms with van der Waals surface area (Å²) < 4.78 is 34.7. The predicted octanol–water partition coefficient (Wildman–Crippen LogP) is 1.81. The van der Waals surface area contributed by atoms with Crippen molar-refractivity contribution < 1.29 is 23.4 Å². The lowest BCUT2D eigenvalue weighted by Crippen LogP contribution is -2.31. The van der Waals surface area contributed by atoms with E-state index in [1.54, 1.807) is 12.1 Å². The smallest absolute Gasteiger partial charge is 0.265 e. The molecule has 2 N–H and O–H groups in total. The van der Waals surface area contributed by atoms with Crippen molar-refractivity contribution in [2.45, 2.75) is 26.0 Å². The van der Waals surface area contributed by atoms with Crippen LogP contribution in [0.25, 0.3) is 0 Å². The molecule has 0 bridgehead atoms. The van der Waals surface area contributed by atoms with Crippen molar-refractivity contribution in [3.8, 4) is 11.5 Å². The molecule has 0 aliphatic carbocycles. The van der Waals surface area contributed by atoms with Gasteiger partial charge in [-0.15, -0.1) is 0 Å². The van der Waals surface area contributed by atoms with Crippen molar-refractivity contribution in [1.82, 2.24) is 5.32 Å². The maximum Gasteiger partial charge on any atom is 0.265 e. The number of aliphatic hydroxyl groups is 1. The van der Waals surface area contributed by atoms with Gasteiger partial charge in [0, 0.05) is 13.1 Å². The van der Waals surface area contributed by atoms with Crippen molar-refractivity contribution in [2.24, 2.45) is 0 Å².